The average Bonchev–Trinajstić information content (AvgIpc) is 2.84. The van der Waals surface area contributed by atoms with Gasteiger partial charge in [0.25, 0.3) is 0 Å². The molecule has 2 rings (SSSR count). The highest BCUT2D eigenvalue weighted by molar-refractivity contribution is 5.73. The first-order chi connectivity index (χ1) is 8.29. The van der Waals surface area contributed by atoms with Crippen molar-refractivity contribution < 1.29 is 0 Å². The molecule has 0 aliphatic heterocycles. The van der Waals surface area contributed by atoms with Gasteiger partial charge in [-0.05, 0) is 24.3 Å². The lowest BCUT2D eigenvalue weighted by atomic mass is 10.3. The van der Waals surface area contributed by atoms with Gasteiger partial charge in [0, 0.05) is 11.9 Å². The average molecular weight is 227 g/mol. The molecule has 2 aromatic rings. The van der Waals surface area contributed by atoms with Gasteiger partial charge >= 0.3 is 0 Å². The minimum Gasteiger partial charge on any atom is -0.345 e. The summed E-state index contributed by atoms with van der Waals surface area (Å²) in [5.41, 5.74) is 1.17. The number of hydrogen-bond donors (Lipinski definition) is 2. The maximum atomic E-state index is 8.93. The largest absolute Gasteiger partial charge is 0.345 e. The van der Waals surface area contributed by atoms with Crippen LogP contribution in [0.5, 0.6) is 0 Å². The molecule has 17 heavy (non-hydrogen) atoms. The lowest BCUT2D eigenvalue weighted by molar-refractivity contribution is 0.881. The minimum absolute atomic E-state index is 0.243. The summed E-state index contributed by atoms with van der Waals surface area (Å²) >= 11 is 0. The Morgan fingerprint density at radius 2 is 2.41 bits per heavy atom. The summed E-state index contributed by atoms with van der Waals surface area (Å²) in [5, 5.41) is 24.9. The highest BCUT2D eigenvalue weighted by Gasteiger charge is 2.05. The summed E-state index contributed by atoms with van der Waals surface area (Å²) in [6, 6.07) is 7.54. The Hall–Kier alpha value is -2.75. The second-order valence-corrected chi connectivity index (χ2v) is 3.21. The molecule has 0 aromatic carbocycles. The van der Waals surface area contributed by atoms with Crippen molar-refractivity contribution in [1.82, 2.24) is 25.6 Å². The molecule has 2 N–H and O–H groups in total. The second-order valence-electron chi connectivity index (χ2n) is 3.21. The molecular weight excluding hydrogens is 218 g/mol. The van der Waals surface area contributed by atoms with Gasteiger partial charge in [-0.1, -0.05) is 6.07 Å². The number of anilines is 1. The number of tetrazole rings is 1. The third kappa shape index (κ3) is 2.63. The molecule has 0 spiro atoms. The third-order valence-corrected chi connectivity index (χ3v) is 1.96. The topological polar surface area (TPSA) is 103 Å². The molecule has 0 saturated heterocycles. The van der Waals surface area contributed by atoms with Crippen molar-refractivity contribution in [2.75, 3.05) is 5.32 Å². The van der Waals surface area contributed by atoms with Crippen LogP contribution in [0.1, 0.15) is 11.5 Å². The van der Waals surface area contributed by atoms with E-state index >= 15 is 0 Å². The molecular formula is C10H9N7. The summed E-state index contributed by atoms with van der Waals surface area (Å²) in [5.74, 6) is 0.897. The fourth-order valence-electron chi connectivity index (χ4n) is 1.19. The molecule has 0 radical (unpaired) electrons. The van der Waals surface area contributed by atoms with Crippen LogP contribution >= 0.6 is 0 Å². The van der Waals surface area contributed by atoms with E-state index in [9.17, 15) is 0 Å². The Morgan fingerprint density at radius 1 is 1.53 bits per heavy atom. The van der Waals surface area contributed by atoms with E-state index in [2.05, 4.69) is 30.9 Å². The highest BCUT2D eigenvalue weighted by atomic mass is 15.5. The van der Waals surface area contributed by atoms with E-state index in [-0.39, 0.29) is 11.4 Å². The second kappa shape index (κ2) is 4.85. The molecule has 0 amide bonds. The van der Waals surface area contributed by atoms with Crippen LogP contribution in [0, 0.1) is 18.3 Å². The van der Waals surface area contributed by atoms with Crippen LogP contribution in [0.25, 0.3) is 5.57 Å². The summed E-state index contributed by atoms with van der Waals surface area (Å²) in [4.78, 5) is 4.23. The Labute approximate surface area is 97.2 Å². The van der Waals surface area contributed by atoms with E-state index in [1.54, 1.807) is 6.07 Å². The number of allylic oxidation sites excluding steroid dienone is 1. The van der Waals surface area contributed by atoms with Crippen molar-refractivity contribution in [3.8, 4) is 6.07 Å². The van der Waals surface area contributed by atoms with Crippen molar-refractivity contribution in [2.24, 2.45) is 0 Å². The van der Waals surface area contributed by atoms with Gasteiger partial charge in [0.2, 0.25) is 5.82 Å². The van der Waals surface area contributed by atoms with Crippen LogP contribution in [-0.4, -0.2) is 25.6 Å². The maximum absolute atomic E-state index is 8.93. The Bertz CT molecular complexity index is 565. The molecule has 0 saturated carbocycles. The van der Waals surface area contributed by atoms with Gasteiger partial charge < -0.3 is 5.32 Å². The molecule has 0 atom stereocenters. The molecule has 0 unspecified atom stereocenters. The van der Waals surface area contributed by atoms with Gasteiger partial charge in [0.05, 0.1) is 0 Å². The number of aryl methyl sites for hydroxylation is 1. The summed E-state index contributed by atoms with van der Waals surface area (Å²) < 4.78 is 0. The van der Waals surface area contributed by atoms with Crippen LogP contribution in [0.3, 0.4) is 0 Å². The standard InChI is InChI=1S/C10H9N7/c1-7-3-2-4-9(13-7)12-6-8(5-11)10-14-16-17-15-10/h2-4,6H,1H3,(H,12,13)(H,14,15,16,17). The van der Waals surface area contributed by atoms with Gasteiger partial charge in [0.15, 0.2) is 0 Å². The summed E-state index contributed by atoms with van der Waals surface area (Å²) in [6.07, 6.45) is 1.49. The predicted molar refractivity (Wildman–Crippen MR) is 60.4 cm³/mol. The van der Waals surface area contributed by atoms with E-state index in [1.807, 2.05) is 25.1 Å². The van der Waals surface area contributed by atoms with E-state index in [4.69, 9.17) is 5.26 Å². The minimum atomic E-state index is 0.243. The Morgan fingerprint density at radius 3 is 3.06 bits per heavy atom. The molecule has 7 nitrogen and oxygen atoms in total. The van der Waals surface area contributed by atoms with Gasteiger partial charge in [-0.3, -0.25) is 0 Å². The lowest BCUT2D eigenvalue weighted by Gasteiger charge is -2.00. The van der Waals surface area contributed by atoms with Crippen molar-refractivity contribution in [1.29, 1.82) is 5.26 Å². The number of pyridine rings is 1. The number of rotatable bonds is 3. The van der Waals surface area contributed by atoms with Gasteiger partial charge in [-0.15, -0.1) is 10.2 Å². The van der Waals surface area contributed by atoms with Crippen molar-refractivity contribution in [3.05, 3.63) is 35.9 Å². The van der Waals surface area contributed by atoms with E-state index < -0.39 is 0 Å². The number of nitriles is 1. The molecule has 2 heterocycles. The summed E-state index contributed by atoms with van der Waals surface area (Å²) in [7, 11) is 0. The first kappa shape index (κ1) is 10.8. The van der Waals surface area contributed by atoms with Gasteiger partial charge in [-0.2, -0.15) is 10.5 Å². The number of aromatic amines is 1. The van der Waals surface area contributed by atoms with E-state index in [0.717, 1.165) is 5.69 Å². The number of nitrogens with zero attached hydrogens (tertiary/aromatic N) is 5. The highest BCUT2D eigenvalue weighted by Crippen LogP contribution is 2.08. The molecule has 84 valence electrons. The van der Waals surface area contributed by atoms with Crippen molar-refractivity contribution >= 4 is 11.4 Å². The Kier molecular flexibility index (Phi) is 3.07. The van der Waals surface area contributed by atoms with Crippen LogP contribution < -0.4 is 5.32 Å². The zero-order valence-electron chi connectivity index (χ0n) is 9.05. The molecule has 0 aliphatic carbocycles. The lowest BCUT2D eigenvalue weighted by Crippen LogP contribution is -1.95. The fraction of sp³-hybridized carbons (Fsp3) is 0.100. The van der Waals surface area contributed by atoms with Crippen LogP contribution in [0.4, 0.5) is 5.82 Å². The molecule has 0 fully saturated rings. The van der Waals surface area contributed by atoms with Crippen molar-refractivity contribution in [2.45, 2.75) is 6.92 Å². The molecule has 2 aromatic heterocycles. The quantitative estimate of drug-likeness (QED) is 0.754. The SMILES string of the molecule is Cc1cccc(NC=C(C#N)c2nn[nH]n2)n1. The number of nitrogens with one attached hydrogen (secondary N) is 2. The fourth-order valence-corrected chi connectivity index (χ4v) is 1.19. The first-order valence-corrected chi connectivity index (χ1v) is 4.84. The summed E-state index contributed by atoms with van der Waals surface area (Å²) in [6.45, 7) is 1.89. The smallest absolute Gasteiger partial charge is 0.216 e. The van der Waals surface area contributed by atoms with Crippen molar-refractivity contribution in [3.63, 3.8) is 0 Å². The van der Waals surface area contributed by atoms with Gasteiger partial charge in [-0.25, -0.2) is 4.98 Å². The molecule has 0 aliphatic rings. The van der Waals surface area contributed by atoms with Crippen LogP contribution in [-0.2, 0) is 0 Å². The third-order valence-electron chi connectivity index (χ3n) is 1.96. The van der Waals surface area contributed by atoms with Crippen LogP contribution in [0.15, 0.2) is 24.4 Å². The van der Waals surface area contributed by atoms with Gasteiger partial charge in [0.1, 0.15) is 17.5 Å². The maximum Gasteiger partial charge on any atom is 0.216 e. The Balaban J connectivity index is 2.17. The zero-order chi connectivity index (χ0) is 12.1. The number of hydrogen-bond acceptors (Lipinski definition) is 6. The van der Waals surface area contributed by atoms with E-state index in [0.29, 0.717) is 5.82 Å². The first-order valence-electron chi connectivity index (χ1n) is 4.84. The zero-order valence-corrected chi connectivity index (χ0v) is 9.05. The normalized spacial score (nSPS) is 10.9. The van der Waals surface area contributed by atoms with Crippen LogP contribution in [0.2, 0.25) is 0 Å². The number of aromatic nitrogens is 5. The number of H-pyrrole nitrogens is 1. The predicted octanol–water partition coefficient (Wildman–Crippen LogP) is 0.880. The molecule has 0 bridgehead atoms. The monoisotopic (exact) mass is 227 g/mol. The molecule has 7 heteroatoms. The van der Waals surface area contributed by atoms with E-state index in [1.165, 1.54) is 6.20 Å².